The highest BCUT2D eigenvalue weighted by molar-refractivity contribution is 5.73. The summed E-state index contributed by atoms with van der Waals surface area (Å²) < 4.78 is 0. The first kappa shape index (κ1) is 13.6. The van der Waals surface area contributed by atoms with Crippen LogP contribution in [0, 0.1) is 12.3 Å². The molecule has 1 heterocycles. The number of carboxylic acids is 1. The highest BCUT2D eigenvalue weighted by atomic mass is 16.4. The Labute approximate surface area is 102 Å². The van der Waals surface area contributed by atoms with Crippen molar-refractivity contribution < 1.29 is 9.90 Å². The minimum Gasteiger partial charge on any atom is -0.481 e. The number of hydrogen-bond donors (Lipinski definition) is 1. The Bertz CT molecular complexity index is 425. The Morgan fingerprint density at radius 3 is 2.47 bits per heavy atom. The van der Waals surface area contributed by atoms with E-state index < -0.39 is 11.4 Å². The number of aliphatic carboxylic acids is 1. The van der Waals surface area contributed by atoms with Crippen molar-refractivity contribution in [3.63, 3.8) is 0 Å². The lowest BCUT2D eigenvalue weighted by molar-refractivity contribution is -0.146. The lowest BCUT2D eigenvalue weighted by Gasteiger charge is -2.18. The second-order valence-electron chi connectivity index (χ2n) is 5.37. The molecule has 4 heteroatoms. The van der Waals surface area contributed by atoms with Crippen LogP contribution in [0.2, 0.25) is 0 Å². The minimum atomic E-state index is -0.831. The van der Waals surface area contributed by atoms with Crippen LogP contribution in [-0.4, -0.2) is 21.0 Å². The number of carboxylic acid groups (broad SMARTS) is 1. The molecule has 0 aliphatic rings. The maximum atomic E-state index is 11.1. The predicted octanol–water partition coefficient (Wildman–Crippen LogP) is 2.56. The molecule has 0 aliphatic carbocycles. The van der Waals surface area contributed by atoms with Crippen LogP contribution in [0.3, 0.4) is 0 Å². The molecule has 0 amide bonds. The summed E-state index contributed by atoms with van der Waals surface area (Å²) in [5.41, 5.74) is 1.02. The van der Waals surface area contributed by atoms with Gasteiger partial charge in [0.15, 0.2) is 0 Å². The summed E-state index contributed by atoms with van der Waals surface area (Å²) in [7, 11) is 0. The zero-order valence-corrected chi connectivity index (χ0v) is 11.1. The third-order valence-electron chi connectivity index (χ3n) is 2.69. The summed E-state index contributed by atoms with van der Waals surface area (Å²) in [6.45, 7) is 9.42. The van der Waals surface area contributed by atoms with Gasteiger partial charge in [0.05, 0.1) is 5.41 Å². The third-order valence-corrected chi connectivity index (χ3v) is 2.69. The minimum absolute atomic E-state index is 0.323. The van der Waals surface area contributed by atoms with Crippen LogP contribution in [-0.2, 0) is 11.2 Å². The normalized spacial score (nSPS) is 11.9. The van der Waals surface area contributed by atoms with E-state index in [1.54, 1.807) is 13.8 Å². The average Bonchev–Trinajstić information content (AvgIpc) is 2.15. The molecule has 0 aromatic carbocycles. The summed E-state index contributed by atoms with van der Waals surface area (Å²) in [6, 6.07) is 1.95. The van der Waals surface area contributed by atoms with E-state index in [-0.39, 0.29) is 0 Å². The van der Waals surface area contributed by atoms with Gasteiger partial charge in [-0.1, -0.05) is 13.8 Å². The fraction of sp³-hybridized carbons (Fsp3) is 0.615. The number of aromatic nitrogens is 2. The highest BCUT2D eigenvalue weighted by Gasteiger charge is 2.28. The summed E-state index contributed by atoms with van der Waals surface area (Å²) in [5, 5.41) is 9.09. The first-order valence-electron chi connectivity index (χ1n) is 5.80. The van der Waals surface area contributed by atoms with Crippen molar-refractivity contribution in [1.29, 1.82) is 0 Å². The third kappa shape index (κ3) is 3.51. The molecule has 0 saturated heterocycles. The largest absolute Gasteiger partial charge is 0.481 e. The van der Waals surface area contributed by atoms with Crippen LogP contribution >= 0.6 is 0 Å². The Morgan fingerprint density at radius 2 is 2.00 bits per heavy atom. The fourth-order valence-electron chi connectivity index (χ4n) is 1.50. The zero-order valence-electron chi connectivity index (χ0n) is 11.1. The van der Waals surface area contributed by atoms with Crippen molar-refractivity contribution in [1.82, 2.24) is 9.97 Å². The maximum Gasteiger partial charge on any atom is 0.309 e. The van der Waals surface area contributed by atoms with Gasteiger partial charge in [-0.3, -0.25) is 4.79 Å². The number of rotatable bonds is 4. The van der Waals surface area contributed by atoms with Crippen LogP contribution in [0.5, 0.6) is 0 Å². The van der Waals surface area contributed by atoms with Crippen LogP contribution in [0.15, 0.2) is 6.07 Å². The van der Waals surface area contributed by atoms with Crippen molar-refractivity contribution in [2.45, 2.75) is 47.0 Å². The molecule has 4 nitrogen and oxygen atoms in total. The SMILES string of the molecule is Cc1cc(C(C)C)nc(CC(C)(C)C(=O)O)n1. The van der Waals surface area contributed by atoms with Crippen LogP contribution in [0.1, 0.15) is 50.8 Å². The van der Waals surface area contributed by atoms with E-state index in [4.69, 9.17) is 5.11 Å². The van der Waals surface area contributed by atoms with Gasteiger partial charge in [0.2, 0.25) is 0 Å². The Morgan fingerprint density at radius 1 is 1.41 bits per heavy atom. The number of hydrogen-bond acceptors (Lipinski definition) is 3. The van der Waals surface area contributed by atoms with Crippen LogP contribution in [0.4, 0.5) is 0 Å². The van der Waals surface area contributed by atoms with Gasteiger partial charge in [-0.05, 0) is 32.8 Å². The van der Waals surface area contributed by atoms with E-state index in [0.717, 1.165) is 11.4 Å². The quantitative estimate of drug-likeness (QED) is 0.872. The molecule has 94 valence electrons. The molecule has 0 fully saturated rings. The number of nitrogens with zero attached hydrogens (tertiary/aromatic N) is 2. The first-order chi connectivity index (χ1) is 7.72. The van der Waals surface area contributed by atoms with Crippen molar-refractivity contribution in [3.8, 4) is 0 Å². The highest BCUT2D eigenvalue weighted by Crippen LogP contribution is 2.21. The average molecular weight is 236 g/mol. The van der Waals surface area contributed by atoms with Gasteiger partial charge in [0, 0.05) is 17.8 Å². The molecule has 1 aromatic heterocycles. The standard InChI is InChI=1S/C13H20N2O2/c1-8(2)10-6-9(3)14-11(15-10)7-13(4,5)12(16)17/h6,8H,7H2,1-5H3,(H,16,17). The molecule has 0 atom stereocenters. The lowest BCUT2D eigenvalue weighted by atomic mass is 9.89. The summed E-state index contributed by atoms with van der Waals surface area (Å²) >= 11 is 0. The molecule has 0 bridgehead atoms. The monoisotopic (exact) mass is 236 g/mol. The molecule has 0 radical (unpaired) electrons. The van der Waals surface area contributed by atoms with Gasteiger partial charge in [0.25, 0.3) is 0 Å². The van der Waals surface area contributed by atoms with Crippen LogP contribution < -0.4 is 0 Å². The van der Waals surface area contributed by atoms with Crippen molar-refractivity contribution in [2.24, 2.45) is 5.41 Å². The van der Waals surface area contributed by atoms with Gasteiger partial charge >= 0.3 is 5.97 Å². The number of aryl methyl sites for hydroxylation is 1. The predicted molar refractivity (Wildman–Crippen MR) is 66.0 cm³/mol. The molecule has 1 N–H and O–H groups in total. The second-order valence-corrected chi connectivity index (χ2v) is 5.37. The smallest absolute Gasteiger partial charge is 0.309 e. The Kier molecular flexibility index (Phi) is 3.86. The molecule has 1 aromatic rings. The van der Waals surface area contributed by atoms with Gasteiger partial charge in [-0.2, -0.15) is 0 Å². The van der Waals surface area contributed by atoms with Gasteiger partial charge in [-0.25, -0.2) is 9.97 Å². The van der Waals surface area contributed by atoms with Gasteiger partial charge in [-0.15, -0.1) is 0 Å². The molecule has 0 saturated carbocycles. The van der Waals surface area contributed by atoms with Crippen LogP contribution in [0.25, 0.3) is 0 Å². The van der Waals surface area contributed by atoms with E-state index in [1.807, 2.05) is 13.0 Å². The summed E-state index contributed by atoms with van der Waals surface area (Å²) in [4.78, 5) is 19.8. The summed E-state index contributed by atoms with van der Waals surface area (Å²) in [6.07, 6.45) is 0.351. The number of carbonyl (C=O) groups is 1. The van der Waals surface area contributed by atoms with Crippen molar-refractivity contribution in [3.05, 3.63) is 23.3 Å². The van der Waals surface area contributed by atoms with Gasteiger partial charge in [0.1, 0.15) is 5.82 Å². The Hall–Kier alpha value is -1.45. The van der Waals surface area contributed by atoms with E-state index in [9.17, 15) is 4.79 Å². The van der Waals surface area contributed by atoms with E-state index in [2.05, 4.69) is 23.8 Å². The van der Waals surface area contributed by atoms with Gasteiger partial charge < -0.3 is 5.11 Å². The maximum absolute atomic E-state index is 11.1. The topological polar surface area (TPSA) is 63.1 Å². The van der Waals surface area contributed by atoms with E-state index >= 15 is 0 Å². The molecule has 0 unspecified atom stereocenters. The first-order valence-corrected chi connectivity index (χ1v) is 5.80. The molecular formula is C13H20N2O2. The van der Waals surface area contributed by atoms with Crippen molar-refractivity contribution >= 4 is 5.97 Å². The molecule has 17 heavy (non-hydrogen) atoms. The second kappa shape index (κ2) is 4.82. The molecule has 1 rings (SSSR count). The van der Waals surface area contributed by atoms with Crippen molar-refractivity contribution in [2.75, 3.05) is 0 Å². The van der Waals surface area contributed by atoms with E-state index in [1.165, 1.54) is 0 Å². The zero-order chi connectivity index (χ0) is 13.2. The molecule has 0 spiro atoms. The molecule has 0 aliphatic heterocycles. The summed E-state index contributed by atoms with van der Waals surface area (Å²) in [5.74, 6) is 0.109. The lowest BCUT2D eigenvalue weighted by Crippen LogP contribution is -2.27. The Balaban J connectivity index is 3.03. The fourth-order valence-corrected chi connectivity index (χ4v) is 1.50. The molecular weight excluding hydrogens is 216 g/mol. The van der Waals surface area contributed by atoms with E-state index in [0.29, 0.717) is 18.2 Å².